The van der Waals surface area contributed by atoms with Gasteiger partial charge in [-0.2, -0.15) is 0 Å². The lowest BCUT2D eigenvalue weighted by molar-refractivity contribution is -0.148. The van der Waals surface area contributed by atoms with E-state index < -0.39 is 0 Å². The summed E-state index contributed by atoms with van der Waals surface area (Å²) in [5.41, 5.74) is 5.08. The summed E-state index contributed by atoms with van der Waals surface area (Å²) in [6.07, 6.45) is 3.61. The highest BCUT2D eigenvalue weighted by Crippen LogP contribution is 2.43. The Morgan fingerprint density at radius 2 is 1.79 bits per heavy atom. The number of esters is 1. The van der Waals surface area contributed by atoms with Crippen LogP contribution in [0.3, 0.4) is 0 Å². The van der Waals surface area contributed by atoms with Gasteiger partial charge in [-0.3, -0.25) is 4.79 Å². The van der Waals surface area contributed by atoms with Crippen molar-refractivity contribution in [3.63, 3.8) is 0 Å². The number of carbonyl (C=O) groups excluding carboxylic acids is 1. The molecule has 4 rings (SSSR count). The van der Waals surface area contributed by atoms with Crippen LogP contribution in [-0.2, 0) is 14.4 Å². The second-order valence-corrected chi connectivity index (χ2v) is 7.33. The van der Waals surface area contributed by atoms with Crippen LogP contribution in [0.4, 0.5) is 0 Å². The van der Waals surface area contributed by atoms with E-state index in [-0.39, 0.29) is 23.8 Å². The van der Waals surface area contributed by atoms with Gasteiger partial charge in [-0.05, 0) is 42.0 Å². The molecule has 0 saturated carbocycles. The molecule has 2 aliphatic rings. The Kier molecular flexibility index (Phi) is 5.72. The maximum Gasteiger partial charge on any atom is 0.310 e. The second-order valence-electron chi connectivity index (χ2n) is 7.33. The summed E-state index contributed by atoms with van der Waals surface area (Å²) in [5.74, 6) is -0.0305. The Labute approximate surface area is 165 Å². The molecule has 1 aliphatic carbocycles. The Morgan fingerprint density at radius 3 is 2.39 bits per heavy atom. The van der Waals surface area contributed by atoms with E-state index in [2.05, 4.69) is 59.0 Å². The van der Waals surface area contributed by atoms with Crippen LogP contribution in [0, 0.1) is 5.92 Å². The van der Waals surface area contributed by atoms with Crippen LogP contribution in [0.2, 0.25) is 0 Å². The number of oxime groups is 1. The topological polar surface area (TPSA) is 59.9 Å². The van der Waals surface area contributed by atoms with Crippen molar-refractivity contribution in [1.29, 1.82) is 0 Å². The molecule has 2 aromatic rings. The summed E-state index contributed by atoms with van der Waals surface area (Å²) in [7, 11) is 0. The van der Waals surface area contributed by atoms with Crippen molar-refractivity contribution in [2.75, 3.05) is 19.8 Å². The van der Waals surface area contributed by atoms with E-state index >= 15 is 0 Å². The number of nitrogens with one attached hydrogen (secondary N) is 1. The fraction of sp³-hybridized carbons (Fsp3) is 0.391. The molecule has 0 aromatic heterocycles. The van der Waals surface area contributed by atoms with Gasteiger partial charge in [0.2, 0.25) is 0 Å². The number of piperidine rings is 1. The molecule has 0 unspecified atom stereocenters. The number of hydrogen-bond acceptors (Lipinski definition) is 5. The first kappa shape index (κ1) is 18.7. The zero-order valence-corrected chi connectivity index (χ0v) is 16.1. The molecule has 146 valence electrons. The third kappa shape index (κ3) is 3.80. The monoisotopic (exact) mass is 378 g/mol. The lowest BCUT2D eigenvalue weighted by Crippen LogP contribution is -2.44. The second kappa shape index (κ2) is 8.57. The first-order valence-corrected chi connectivity index (χ1v) is 10.0. The largest absolute Gasteiger partial charge is 0.466 e. The van der Waals surface area contributed by atoms with E-state index in [0.717, 1.165) is 12.8 Å². The highest BCUT2D eigenvalue weighted by molar-refractivity contribution is 5.89. The first-order chi connectivity index (χ1) is 13.8. The third-order valence-corrected chi connectivity index (χ3v) is 5.58. The summed E-state index contributed by atoms with van der Waals surface area (Å²) in [4.78, 5) is 17.4. The molecule has 5 nitrogen and oxygen atoms in total. The molecular formula is C23H26N2O3. The highest BCUT2D eigenvalue weighted by Gasteiger charge is 2.28. The zero-order chi connectivity index (χ0) is 19.3. The SMILES string of the molecule is CCOC(=O)[C@@H]1CC[C@@H](CO/N=C/C2c3ccccc3-c3ccccc32)NC1. The van der Waals surface area contributed by atoms with Crippen molar-refractivity contribution in [3.05, 3.63) is 59.7 Å². The number of nitrogens with zero attached hydrogens (tertiary/aromatic N) is 1. The molecule has 1 N–H and O–H groups in total. The normalized spacial score (nSPS) is 21.3. The molecule has 1 saturated heterocycles. The van der Waals surface area contributed by atoms with Gasteiger partial charge in [-0.15, -0.1) is 0 Å². The lowest BCUT2D eigenvalue weighted by Gasteiger charge is -2.27. The van der Waals surface area contributed by atoms with Gasteiger partial charge in [-0.1, -0.05) is 53.7 Å². The number of benzene rings is 2. The van der Waals surface area contributed by atoms with Crippen molar-refractivity contribution in [2.45, 2.75) is 31.7 Å². The lowest BCUT2D eigenvalue weighted by atomic mass is 9.95. The summed E-state index contributed by atoms with van der Waals surface area (Å²) in [5, 5.41) is 7.64. The van der Waals surface area contributed by atoms with Gasteiger partial charge < -0.3 is 14.9 Å². The van der Waals surface area contributed by atoms with Crippen LogP contribution < -0.4 is 5.32 Å². The van der Waals surface area contributed by atoms with Crippen molar-refractivity contribution >= 4 is 12.2 Å². The Morgan fingerprint density at radius 1 is 1.11 bits per heavy atom. The van der Waals surface area contributed by atoms with E-state index in [1.54, 1.807) is 0 Å². The first-order valence-electron chi connectivity index (χ1n) is 10.0. The average molecular weight is 378 g/mol. The van der Waals surface area contributed by atoms with Crippen LogP contribution in [0.1, 0.15) is 36.8 Å². The molecule has 2 atom stereocenters. The molecule has 0 radical (unpaired) electrons. The third-order valence-electron chi connectivity index (χ3n) is 5.58. The van der Waals surface area contributed by atoms with Gasteiger partial charge >= 0.3 is 5.97 Å². The van der Waals surface area contributed by atoms with Gasteiger partial charge in [0.15, 0.2) is 0 Å². The minimum Gasteiger partial charge on any atom is -0.466 e. The summed E-state index contributed by atoms with van der Waals surface area (Å²) in [6.45, 7) is 3.41. The van der Waals surface area contributed by atoms with Crippen molar-refractivity contribution in [1.82, 2.24) is 5.32 Å². The van der Waals surface area contributed by atoms with E-state index in [0.29, 0.717) is 19.8 Å². The number of fused-ring (bicyclic) bond motifs is 3. The fourth-order valence-electron chi connectivity index (χ4n) is 4.11. The Balaban J connectivity index is 1.32. The number of rotatable bonds is 6. The maximum atomic E-state index is 11.8. The Bertz CT molecular complexity index is 811. The molecule has 5 heteroatoms. The van der Waals surface area contributed by atoms with E-state index in [1.807, 2.05) is 13.1 Å². The van der Waals surface area contributed by atoms with E-state index in [4.69, 9.17) is 9.57 Å². The molecular weight excluding hydrogens is 352 g/mol. The minimum atomic E-state index is -0.106. The van der Waals surface area contributed by atoms with Crippen molar-refractivity contribution in [2.24, 2.45) is 11.1 Å². The standard InChI is InChI=1S/C23H26N2O3/c1-2-27-23(26)16-11-12-17(24-13-16)15-28-25-14-22-20-9-5-3-7-18(20)19-8-4-6-10-21(19)22/h3-10,14,16-17,22,24H,2,11-13,15H2,1H3/b25-14+/t16-,17+/m1/s1. The van der Waals surface area contributed by atoms with Crippen LogP contribution in [0.25, 0.3) is 11.1 Å². The van der Waals surface area contributed by atoms with Crippen LogP contribution in [0.5, 0.6) is 0 Å². The number of ether oxygens (including phenoxy) is 1. The molecule has 0 bridgehead atoms. The summed E-state index contributed by atoms with van der Waals surface area (Å²) >= 11 is 0. The van der Waals surface area contributed by atoms with Crippen LogP contribution in [0.15, 0.2) is 53.7 Å². The van der Waals surface area contributed by atoms with E-state index in [9.17, 15) is 4.79 Å². The van der Waals surface area contributed by atoms with Crippen molar-refractivity contribution < 1.29 is 14.4 Å². The quantitative estimate of drug-likeness (QED) is 0.473. The number of carbonyl (C=O) groups is 1. The van der Waals surface area contributed by atoms with Crippen LogP contribution >= 0.6 is 0 Å². The number of hydrogen-bond donors (Lipinski definition) is 1. The molecule has 2 aromatic carbocycles. The van der Waals surface area contributed by atoms with Gasteiger partial charge in [0, 0.05) is 18.5 Å². The molecule has 0 spiro atoms. The Hall–Kier alpha value is -2.66. The van der Waals surface area contributed by atoms with Gasteiger partial charge in [-0.25, -0.2) is 0 Å². The smallest absolute Gasteiger partial charge is 0.310 e. The zero-order valence-electron chi connectivity index (χ0n) is 16.1. The highest BCUT2D eigenvalue weighted by atomic mass is 16.6. The van der Waals surface area contributed by atoms with E-state index in [1.165, 1.54) is 22.3 Å². The molecule has 1 aliphatic heterocycles. The minimum absolute atomic E-state index is 0.0498. The molecule has 0 amide bonds. The summed E-state index contributed by atoms with van der Waals surface area (Å²) < 4.78 is 5.10. The average Bonchev–Trinajstić information content (AvgIpc) is 3.06. The van der Waals surface area contributed by atoms with Crippen LogP contribution in [-0.4, -0.2) is 38.0 Å². The molecule has 1 fully saturated rings. The fourth-order valence-corrected chi connectivity index (χ4v) is 4.11. The van der Waals surface area contributed by atoms with Gasteiger partial charge in [0.1, 0.15) is 6.61 Å². The predicted octanol–water partition coefficient (Wildman–Crippen LogP) is 3.73. The molecule has 28 heavy (non-hydrogen) atoms. The predicted molar refractivity (Wildman–Crippen MR) is 109 cm³/mol. The van der Waals surface area contributed by atoms with Gasteiger partial charge in [0.05, 0.1) is 18.7 Å². The summed E-state index contributed by atoms with van der Waals surface area (Å²) in [6, 6.07) is 17.1. The van der Waals surface area contributed by atoms with Gasteiger partial charge in [0.25, 0.3) is 0 Å². The van der Waals surface area contributed by atoms with Crippen molar-refractivity contribution in [3.8, 4) is 11.1 Å². The molecule has 1 heterocycles. The maximum absolute atomic E-state index is 11.8.